The van der Waals surface area contributed by atoms with Gasteiger partial charge in [-0.15, -0.1) is 0 Å². The van der Waals surface area contributed by atoms with Gasteiger partial charge >= 0.3 is 12.3 Å². The van der Waals surface area contributed by atoms with Crippen LogP contribution in [0, 0.1) is 0 Å². The Morgan fingerprint density at radius 3 is 2.33 bits per heavy atom. The maximum absolute atomic E-state index is 12.8. The van der Waals surface area contributed by atoms with E-state index in [4.69, 9.17) is 14.2 Å². The van der Waals surface area contributed by atoms with Crippen LogP contribution in [0.3, 0.4) is 0 Å². The van der Waals surface area contributed by atoms with Crippen molar-refractivity contribution in [3.63, 3.8) is 0 Å². The number of rotatable bonds is 7. The highest BCUT2D eigenvalue weighted by atomic mass is 19.4. The van der Waals surface area contributed by atoms with Crippen LogP contribution in [0.15, 0.2) is 67.0 Å². The molecule has 236 valence electrons. The van der Waals surface area contributed by atoms with Crippen molar-refractivity contribution < 1.29 is 37.0 Å². The SMILES string of the molecule is COc1cc2ncnc(-c3ccc(NC(=O)Cc4ccc(C(F)(F)F)cc4)cc3)c2cc1OC1CCN(C(=O)OC(C)(C)C)C1. The molecule has 0 radical (unpaired) electrons. The molecule has 12 heteroatoms. The molecule has 0 saturated carbocycles. The summed E-state index contributed by atoms with van der Waals surface area (Å²) in [5.74, 6) is 0.624. The summed E-state index contributed by atoms with van der Waals surface area (Å²) in [6.07, 6.45) is -3.06. The molecule has 1 N–H and O–H groups in total. The number of carbonyl (C=O) groups is 2. The number of anilines is 1. The Hall–Kier alpha value is -4.87. The van der Waals surface area contributed by atoms with Crippen LogP contribution in [0.4, 0.5) is 23.7 Å². The Morgan fingerprint density at radius 2 is 1.69 bits per heavy atom. The number of ether oxygens (including phenoxy) is 3. The van der Waals surface area contributed by atoms with Crippen LogP contribution < -0.4 is 14.8 Å². The van der Waals surface area contributed by atoms with Crippen LogP contribution in [-0.4, -0.2) is 58.8 Å². The lowest BCUT2D eigenvalue weighted by atomic mass is 10.1. The number of nitrogens with zero attached hydrogens (tertiary/aromatic N) is 3. The number of likely N-dealkylation sites (tertiary alicyclic amines) is 1. The van der Waals surface area contributed by atoms with Crippen LogP contribution >= 0.6 is 0 Å². The molecule has 2 amide bonds. The van der Waals surface area contributed by atoms with Crippen molar-refractivity contribution in [2.45, 2.75) is 51.5 Å². The lowest BCUT2D eigenvalue weighted by Gasteiger charge is -2.24. The van der Waals surface area contributed by atoms with Gasteiger partial charge in [0.2, 0.25) is 5.91 Å². The minimum Gasteiger partial charge on any atom is -0.493 e. The van der Waals surface area contributed by atoms with E-state index in [1.807, 2.05) is 26.8 Å². The number of amides is 2. The number of hydrogen-bond donors (Lipinski definition) is 1. The van der Waals surface area contributed by atoms with E-state index < -0.39 is 17.3 Å². The molecule has 0 aliphatic carbocycles. The highest BCUT2D eigenvalue weighted by molar-refractivity contribution is 5.95. The number of methoxy groups -OCH3 is 1. The van der Waals surface area contributed by atoms with Gasteiger partial charge in [-0.2, -0.15) is 13.2 Å². The lowest BCUT2D eigenvalue weighted by Crippen LogP contribution is -2.36. The molecule has 1 fully saturated rings. The summed E-state index contributed by atoms with van der Waals surface area (Å²) in [6.45, 7) is 6.36. The van der Waals surface area contributed by atoms with Crippen LogP contribution in [0.1, 0.15) is 38.3 Å². The number of carbonyl (C=O) groups excluding carboxylic acids is 2. The lowest BCUT2D eigenvalue weighted by molar-refractivity contribution is -0.137. The molecule has 1 unspecified atom stereocenters. The van der Waals surface area contributed by atoms with Gasteiger partial charge in [0.05, 0.1) is 36.8 Å². The zero-order valence-electron chi connectivity index (χ0n) is 25.3. The van der Waals surface area contributed by atoms with E-state index in [9.17, 15) is 22.8 Å². The standard InChI is InChI=1S/C33H33F3N4O5/c1-32(2,3)45-31(42)40-14-13-24(18-40)44-28-16-25-26(17-27(28)43-4)37-19-38-30(25)21-7-11-23(12-8-21)39-29(41)15-20-5-9-22(10-6-20)33(34,35)36/h5-12,16-17,19,24H,13-15,18H2,1-4H3,(H,39,41). The van der Waals surface area contributed by atoms with Gasteiger partial charge in [-0.3, -0.25) is 4.79 Å². The highest BCUT2D eigenvalue weighted by Crippen LogP contribution is 2.37. The fourth-order valence-corrected chi connectivity index (χ4v) is 4.96. The molecule has 1 aliphatic rings. The van der Waals surface area contributed by atoms with Gasteiger partial charge in [-0.05, 0) is 56.7 Å². The molecular weight excluding hydrogens is 589 g/mol. The zero-order valence-corrected chi connectivity index (χ0v) is 25.3. The molecule has 3 aromatic carbocycles. The third-order valence-corrected chi connectivity index (χ3v) is 7.10. The normalized spacial score (nSPS) is 15.2. The molecule has 1 saturated heterocycles. The second kappa shape index (κ2) is 12.6. The number of nitrogens with one attached hydrogen (secondary N) is 1. The average molecular weight is 623 g/mol. The van der Waals surface area contributed by atoms with Crippen LogP contribution in [0.25, 0.3) is 22.2 Å². The predicted octanol–water partition coefficient (Wildman–Crippen LogP) is 6.89. The number of fused-ring (bicyclic) bond motifs is 1. The number of halogens is 3. The maximum atomic E-state index is 12.8. The molecule has 1 aromatic heterocycles. The van der Waals surface area contributed by atoms with Crippen molar-refractivity contribution in [1.82, 2.24) is 14.9 Å². The molecule has 5 rings (SSSR count). The molecule has 2 heterocycles. The first-order valence-corrected chi connectivity index (χ1v) is 14.3. The number of alkyl halides is 3. The van der Waals surface area contributed by atoms with Gasteiger partial charge in [0.15, 0.2) is 11.5 Å². The topological polar surface area (TPSA) is 103 Å². The Morgan fingerprint density at radius 1 is 0.978 bits per heavy atom. The third kappa shape index (κ3) is 7.81. The number of aromatic nitrogens is 2. The van der Waals surface area contributed by atoms with Crippen LogP contribution in [0.5, 0.6) is 11.5 Å². The van der Waals surface area contributed by atoms with Crippen molar-refractivity contribution >= 4 is 28.6 Å². The molecule has 0 spiro atoms. The van der Waals surface area contributed by atoms with Crippen molar-refractivity contribution in [3.8, 4) is 22.8 Å². The van der Waals surface area contributed by atoms with Gasteiger partial charge in [0, 0.05) is 35.7 Å². The van der Waals surface area contributed by atoms with Crippen LogP contribution in [-0.2, 0) is 22.1 Å². The van der Waals surface area contributed by atoms with Gasteiger partial charge < -0.3 is 24.4 Å². The summed E-state index contributed by atoms with van der Waals surface area (Å²) in [4.78, 5) is 35.6. The van der Waals surface area contributed by atoms with Crippen LogP contribution in [0.2, 0.25) is 0 Å². The summed E-state index contributed by atoms with van der Waals surface area (Å²) in [5.41, 5.74) is 1.67. The predicted molar refractivity (Wildman–Crippen MR) is 162 cm³/mol. The summed E-state index contributed by atoms with van der Waals surface area (Å²) < 4.78 is 55.8. The van der Waals surface area contributed by atoms with Crippen molar-refractivity contribution in [1.29, 1.82) is 0 Å². The van der Waals surface area contributed by atoms with E-state index in [2.05, 4.69) is 15.3 Å². The first-order valence-electron chi connectivity index (χ1n) is 14.3. The van der Waals surface area contributed by atoms with E-state index in [0.717, 1.165) is 23.1 Å². The van der Waals surface area contributed by atoms with E-state index in [1.54, 1.807) is 42.3 Å². The van der Waals surface area contributed by atoms with Crippen molar-refractivity contribution in [2.24, 2.45) is 0 Å². The summed E-state index contributed by atoms with van der Waals surface area (Å²) >= 11 is 0. The Labute approximate surface area is 258 Å². The third-order valence-electron chi connectivity index (χ3n) is 7.10. The van der Waals surface area contributed by atoms with Crippen molar-refractivity contribution in [3.05, 3.63) is 78.1 Å². The Kier molecular flexibility index (Phi) is 8.85. The van der Waals surface area contributed by atoms with Gasteiger partial charge in [-0.25, -0.2) is 14.8 Å². The Bertz CT molecular complexity index is 1690. The zero-order chi connectivity index (χ0) is 32.4. The molecule has 1 atom stereocenters. The van der Waals surface area contributed by atoms with E-state index >= 15 is 0 Å². The fourth-order valence-electron chi connectivity index (χ4n) is 4.96. The minimum atomic E-state index is -4.43. The van der Waals surface area contributed by atoms with Crippen molar-refractivity contribution in [2.75, 3.05) is 25.5 Å². The van der Waals surface area contributed by atoms with E-state index in [1.165, 1.54) is 18.5 Å². The fraction of sp³-hybridized carbons (Fsp3) is 0.333. The number of hydrogen-bond acceptors (Lipinski definition) is 7. The summed E-state index contributed by atoms with van der Waals surface area (Å²) in [6, 6.07) is 15.1. The Balaban J connectivity index is 1.29. The monoisotopic (exact) mass is 622 g/mol. The quantitative estimate of drug-likeness (QED) is 0.239. The largest absolute Gasteiger partial charge is 0.493 e. The minimum absolute atomic E-state index is 0.0719. The summed E-state index contributed by atoms with van der Waals surface area (Å²) in [7, 11) is 1.54. The first kappa shape index (κ1) is 31.6. The van der Waals surface area contributed by atoms with Gasteiger partial charge in [0.1, 0.15) is 18.0 Å². The summed E-state index contributed by atoms with van der Waals surface area (Å²) in [5, 5.41) is 3.49. The molecule has 9 nitrogen and oxygen atoms in total. The average Bonchev–Trinajstić information content (AvgIpc) is 3.45. The second-order valence-corrected chi connectivity index (χ2v) is 11.7. The van der Waals surface area contributed by atoms with E-state index in [0.29, 0.717) is 53.5 Å². The molecular formula is C33H33F3N4O5. The number of benzene rings is 3. The highest BCUT2D eigenvalue weighted by Gasteiger charge is 2.32. The first-order chi connectivity index (χ1) is 21.3. The smallest absolute Gasteiger partial charge is 0.416 e. The second-order valence-electron chi connectivity index (χ2n) is 11.7. The molecule has 0 bridgehead atoms. The van der Waals surface area contributed by atoms with E-state index in [-0.39, 0.29) is 24.5 Å². The van der Waals surface area contributed by atoms with Gasteiger partial charge in [-0.1, -0.05) is 24.3 Å². The molecule has 4 aromatic rings. The molecule has 45 heavy (non-hydrogen) atoms. The van der Waals surface area contributed by atoms with Gasteiger partial charge in [0.25, 0.3) is 0 Å². The molecule has 1 aliphatic heterocycles. The maximum Gasteiger partial charge on any atom is 0.416 e.